The predicted molar refractivity (Wildman–Crippen MR) is 108 cm³/mol. The topological polar surface area (TPSA) is 78.7 Å². The highest BCUT2D eigenvalue weighted by Crippen LogP contribution is 2.37. The van der Waals surface area contributed by atoms with E-state index >= 15 is 0 Å². The number of hydrogen-bond donors (Lipinski definition) is 1. The molecule has 30 heavy (non-hydrogen) atoms. The van der Waals surface area contributed by atoms with Gasteiger partial charge in [-0.05, 0) is 44.5 Å². The summed E-state index contributed by atoms with van der Waals surface area (Å²) >= 11 is 0. The van der Waals surface area contributed by atoms with Crippen molar-refractivity contribution in [2.24, 2.45) is 11.3 Å². The van der Waals surface area contributed by atoms with Gasteiger partial charge in [0.1, 0.15) is 5.69 Å². The fourth-order valence-electron chi connectivity index (χ4n) is 3.88. The summed E-state index contributed by atoms with van der Waals surface area (Å²) in [6, 6.07) is 2.57. The van der Waals surface area contributed by atoms with Crippen LogP contribution in [0.15, 0.2) is 18.2 Å². The van der Waals surface area contributed by atoms with Crippen molar-refractivity contribution in [1.82, 2.24) is 10.2 Å². The van der Waals surface area contributed by atoms with Crippen LogP contribution in [0, 0.1) is 21.4 Å². The van der Waals surface area contributed by atoms with Crippen LogP contribution < -0.4 is 10.2 Å². The number of nitro groups is 1. The highest BCUT2D eigenvalue weighted by atomic mass is 19.4. The number of benzene rings is 1. The normalized spacial score (nSPS) is 16.1. The molecule has 1 aliphatic heterocycles. The molecule has 0 atom stereocenters. The molecule has 0 aliphatic carbocycles. The standard InChI is InChI=1S/C20H29F3N4O3/c1-19(2,13-25(3)4)12-24-18(28)14-7-9-26(10-8-14)16-6-5-15(20(21,22)23)11-17(16)27(29)30/h5-6,11,14H,7-10,12-13H2,1-4H3,(H,24,28). The molecule has 168 valence electrons. The second kappa shape index (κ2) is 9.20. The van der Waals surface area contributed by atoms with Crippen LogP contribution in [0.5, 0.6) is 0 Å². The highest BCUT2D eigenvalue weighted by molar-refractivity contribution is 5.79. The maximum Gasteiger partial charge on any atom is 0.416 e. The molecule has 0 spiro atoms. The third-order valence-electron chi connectivity index (χ3n) is 5.19. The van der Waals surface area contributed by atoms with Gasteiger partial charge in [0.25, 0.3) is 5.69 Å². The Bertz CT molecular complexity index is 773. The number of rotatable bonds is 7. The maximum absolute atomic E-state index is 12.9. The van der Waals surface area contributed by atoms with Crippen LogP contribution in [0.3, 0.4) is 0 Å². The Kier molecular flexibility index (Phi) is 7.33. The lowest BCUT2D eigenvalue weighted by molar-refractivity contribution is -0.384. The minimum absolute atomic E-state index is 0.0524. The van der Waals surface area contributed by atoms with Gasteiger partial charge in [-0.15, -0.1) is 0 Å². The number of alkyl halides is 3. The molecule has 0 saturated carbocycles. The summed E-state index contributed by atoms with van der Waals surface area (Å²) in [5.41, 5.74) is -1.55. The van der Waals surface area contributed by atoms with Crippen molar-refractivity contribution < 1.29 is 22.9 Å². The number of nitro benzene ring substituents is 1. The van der Waals surface area contributed by atoms with Gasteiger partial charge in [0.15, 0.2) is 0 Å². The second-order valence-corrected chi connectivity index (χ2v) is 8.84. The van der Waals surface area contributed by atoms with Gasteiger partial charge in [-0.2, -0.15) is 13.2 Å². The number of halogens is 3. The van der Waals surface area contributed by atoms with Gasteiger partial charge in [-0.3, -0.25) is 14.9 Å². The predicted octanol–water partition coefficient (Wildman–Crippen LogP) is 3.53. The molecule has 7 nitrogen and oxygen atoms in total. The first-order chi connectivity index (χ1) is 13.8. The van der Waals surface area contributed by atoms with E-state index < -0.39 is 22.4 Å². The fraction of sp³-hybridized carbons (Fsp3) is 0.650. The zero-order valence-electron chi connectivity index (χ0n) is 17.8. The van der Waals surface area contributed by atoms with E-state index in [1.807, 2.05) is 14.1 Å². The minimum Gasteiger partial charge on any atom is -0.366 e. The molecule has 1 aromatic carbocycles. The molecule has 1 aromatic rings. The number of anilines is 1. The summed E-state index contributed by atoms with van der Waals surface area (Å²) in [6.07, 6.45) is -3.68. The van der Waals surface area contributed by atoms with Gasteiger partial charge in [0.2, 0.25) is 5.91 Å². The molecule has 0 bridgehead atoms. The SMILES string of the molecule is CN(C)CC(C)(C)CNC(=O)C1CCN(c2ccc(C(F)(F)F)cc2[N+](=O)[O-])CC1. The van der Waals surface area contributed by atoms with Crippen LogP contribution in [0.1, 0.15) is 32.3 Å². The molecule has 1 aliphatic rings. The van der Waals surface area contributed by atoms with Crippen LogP contribution in [0.4, 0.5) is 24.5 Å². The van der Waals surface area contributed by atoms with Crippen LogP contribution in [0.2, 0.25) is 0 Å². The first kappa shape index (κ1) is 23.9. The van der Waals surface area contributed by atoms with E-state index in [1.165, 1.54) is 0 Å². The van der Waals surface area contributed by atoms with Crippen molar-refractivity contribution in [3.8, 4) is 0 Å². The van der Waals surface area contributed by atoms with Gasteiger partial charge in [0.05, 0.1) is 10.5 Å². The average molecular weight is 430 g/mol. The molecule has 0 unspecified atom stereocenters. The number of carbonyl (C=O) groups is 1. The Hall–Kier alpha value is -2.36. The Morgan fingerprint density at radius 3 is 2.37 bits per heavy atom. The second-order valence-electron chi connectivity index (χ2n) is 8.84. The summed E-state index contributed by atoms with van der Waals surface area (Å²) in [4.78, 5) is 26.8. The van der Waals surface area contributed by atoms with Crippen molar-refractivity contribution in [3.05, 3.63) is 33.9 Å². The molecule has 1 N–H and O–H groups in total. The summed E-state index contributed by atoms with van der Waals surface area (Å²) in [5.74, 6) is -0.270. The van der Waals surface area contributed by atoms with Gasteiger partial charge >= 0.3 is 6.18 Å². The number of carbonyl (C=O) groups excluding carboxylic acids is 1. The maximum atomic E-state index is 12.9. The van der Waals surface area contributed by atoms with Gasteiger partial charge in [-0.1, -0.05) is 13.8 Å². The van der Waals surface area contributed by atoms with E-state index in [0.29, 0.717) is 38.5 Å². The average Bonchev–Trinajstić information content (AvgIpc) is 2.64. The number of nitrogens with one attached hydrogen (secondary N) is 1. The summed E-state index contributed by atoms with van der Waals surface area (Å²) in [5, 5.41) is 14.3. The first-order valence-corrected chi connectivity index (χ1v) is 9.83. The van der Waals surface area contributed by atoms with E-state index in [4.69, 9.17) is 0 Å². The molecule has 1 heterocycles. The Balaban J connectivity index is 2.00. The zero-order valence-corrected chi connectivity index (χ0v) is 17.8. The Morgan fingerprint density at radius 2 is 1.87 bits per heavy atom. The molecule has 1 amide bonds. The molecule has 1 fully saturated rings. The Morgan fingerprint density at radius 1 is 1.27 bits per heavy atom. The quantitative estimate of drug-likeness (QED) is 0.529. The highest BCUT2D eigenvalue weighted by Gasteiger charge is 2.35. The zero-order chi connectivity index (χ0) is 22.7. The van der Waals surface area contributed by atoms with Crippen molar-refractivity contribution >= 4 is 17.3 Å². The minimum atomic E-state index is -4.64. The number of amides is 1. The van der Waals surface area contributed by atoms with Crippen molar-refractivity contribution in [3.63, 3.8) is 0 Å². The van der Waals surface area contributed by atoms with Crippen LogP contribution in [-0.2, 0) is 11.0 Å². The van der Waals surface area contributed by atoms with E-state index in [2.05, 4.69) is 24.1 Å². The summed E-state index contributed by atoms with van der Waals surface area (Å²) < 4.78 is 38.7. The van der Waals surface area contributed by atoms with Crippen LogP contribution in [-0.4, -0.2) is 56.0 Å². The van der Waals surface area contributed by atoms with Gasteiger partial charge in [-0.25, -0.2) is 0 Å². The molecular formula is C20H29F3N4O3. The lowest BCUT2D eigenvalue weighted by Gasteiger charge is -2.34. The molecule has 0 radical (unpaired) electrons. The molecular weight excluding hydrogens is 401 g/mol. The third kappa shape index (κ3) is 6.32. The van der Waals surface area contributed by atoms with Gasteiger partial charge in [0, 0.05) is 38.2 Å². The fourth-order valence-corrected chi connectivity index (χ4v) is 3.88. The molecule has 1 saturated heterocycles. The number of piperidine rings is 1. The molecule has 10 heteroatoms. The molecule has 0 aromatic heterocycles. The van der Waals surface area contributed by atoms with E-state index in [1.54, 1.807) is 4.90 Å². The monoisotopic (exact) mass is 430 g/mol. The Labute approximate surface area is 174 Å². The number of hydrogen-bond acceptors (Lipinski definition) is 5. The van der Waals surface area contributed by atoms with E-state index in [-0.39, 0.29) is 22.9 Å². The summed E-state index contributed by atoms with van der Waals surface area (Å²) in [6.45, 7) is 6.23. The smallest absolute Gasteiger partial charge is 0.366 e. The van der Waals surface area contributed by atoms with Crippen molar-refractivity contribution in [1.29, 1.82) is 0 Å². The largest absolute Gasteiger partial charge is 0.416 e. The number of nitrogens with zero attached hydrogens (tertiary/aromatic N) is 3. The van der Waals surface area contributed by atoms with Crippen LogP contribution in [0.25, 0.3) is 0 Å². The lowest BCUT2D eigenvalue weighted by Crippen LogP contribution is -2.45. The van der Waals surface area contributed by atoms with E-state index in [0.717, 1.165) is 18.7 Å². The van der Waals surface area contributed by atoms with Crippen molar-refractivity contribution in [2.45, 2.75) is 32.9 Å². The lowest BCUT2D eigenvalue weighted by atomic mass is 9.91. The summed E-state index contributed by atoms with van der Waals surface area (Å²) in [7, 11) is 3.94. The molecule has 2 rings (SSSR count). The van der Waals surface area contributed by atoms with E-state index in [9.17, 15) is 28.1 Å². The first-order valence-electron chi connectivity index (χ1n) is 9.83. The van der Waals surface area contributed by atoms with Gasteiger partial charge < -0.3 is 15.1 Å². The van der Waals surface area contributed by atoms with Crippen molar-refractivity contribution in [2.75, 3.05) is 45.2 Å². The van der Waals surface area contributed by atoms with Crippen LogP contribution >= 0.6 is 0 Å². The third-order valence-corrected chi connectivity index (χ3v) is 5.19.